The number of allylic oxidation sites excluding steroid dienone is 1. The Hall–Kier alpha value is -2.43. The first-order valence-corrected chi connectivity index (χ1v) is 6.67. The summed E-state index contributed by atoms with van der Waals surface area (Å²) in [6.07, 6.45) is 4.73. The summed E-state index contributed by atoms with van der Waals surface area (Å²) in [6, 6.07) is 7.52. The summed E-state index contributed by atoms with van der Waals surface area (Å²) in [6.45, 7) is 5.64. The monoisotopic (exact) mass is 285 g/mol. The Balaban J connectivity index is 2.49. The van der Waals surface area contributed by atoms with Crippen LogP contribution >= 0.6 is 0 Å². The number of aromatic nitrogens is 3. The molecule has 5 nitrogen and oxygen atoms in total. The molecule has 0 bridgehead atoms. The molecule has 0 amide bonds. The minimum atomic E-state index is -0.503. The van der Waals surface area contributed by atoms with E-state index in [1.54, 1.807) is 13.2 Å². The molecule has 1 aromatic carbocycles. The number of nitrogens with zero attached hydrogens (tertiary/aromatic N) is 3. The number of ether oxygens (including phenoxy) is 1. The molecule has 2 rings (SSSR count). The summed E-state index contributed by atoms with van der Waals surface area (Å²) in [4.78, 5) is 16.6. The van der Waals surface area contributed by atoms with E-state index in [9.17, 15) is 4.79 Å². The van der Waals surface area contributed by atoms with Gasteiger partial charge in [0.15, 0.2) is 5.78 Å². The van der Waals surface area contributed by atoms with E-state index in [0.717, 1.165) is 11.3 Å². The van der Waals surface area contributed by atoms with Gasteiger partial charge in [-0.05, 0) is 23.8 Å². The first-order chi connectivity index (χ1) is 9.91. The predicted molar refractivity (Wildman–Crippen MR) is 81.6 cm³/mol. The first-order valence-electron chi connectivity index (χ1n) is 6.67. The van der Waals surface area contributed by atoms with E-state index in [1.807, 2.05) is 45.0 Å². The number of methoxy groups -OCH3 is 1. The molecular weight excluding hydrogens is 266 g/mol. The van der Waals surface area contributed by atoms with Gasteiger partial charge < -0.3 is 4.74 Å². The van der Waals surface area contributed by atoms with Crippen molar-refractivity contribution in [1.82, 2.24) is 14.8 Å². The Labute approximate surface area is 124 Å². The Bertz CT molecular complexity index is 652. The number of benzene rings is 1. The second-order valence-corrected chi connectivity index (χ2v) is 5.73. The van der Waals surface area contributed by atoms with Crippen LogP contribution in [0.15, 0.2) is 36.9 Å². The molecule has 0 N–H and O–H groups in total. The number of carbonyl (C=O) groups excluding carboxylic acids is 1. The Morgan fingerprint density at radius 3 is 2.67 bits per heavy atom. The van der Waals surface area contributed by atoms with Crippen LogP contribution in [0.3, 0.4) is 0 Å². The average molecular weight is 285 g/mol. The molecule has 1 aromatic heterocycles. The average Bonchev–Trinajstić information content (AvgIpc) is 2.97. The van der Waals surface area contributed by atoms with Gasteiger partial charge in [-0.25, -0.2) is 9.67 Å². The Morgan fingerprint density at radius 2 is 2.10 bits per heavy atom. The van der Waals surface area contributed by atoms with Gasteiger partial charge in [0.05, 0.1) is 7.11 Å². The molecule has 0 saturated carbocycles. The van der Waals surface area contributed by atoms with Gasteiger partial charge in [-0.2, -0.15) is 5.10 Å². The number of carbonyl (C=O) groups is 1. The zero-order chi connectivity index (χ0) is 15.5. The SMILES string of the molecule is COc1cccc(C=C(C(=O)C(C)(C)C)n2cncn2)c1. The lowest BCUT2D eigenvalue weighted by atomic mass is 9.88. The molecule has 0 atom stereocenters. The molecule has 0 aliphatic heterocycles. The minimum absolute atomic E-state index is 0.00387. The second kappa shape index (κ2) is 5.91. The fourth-order valence-electron chi connectivity index (χ4n) is 1.84. The van der Waals surface area contributed by atoms with Gasteiger partial charge in [-0.1, -0.05) is 32.9 Å². The molecular formula is C16H19N3O2. The van der Waals surface area contributed by atoms with Crippen LogP contribution in [0, 0.1) is 5.41 Å². The van der Waals surface area contributed by atoms with Gasteiger partial charge >= 0.3 is 0 Å². The van der Waals surface area contributed by atoms with E-state index in [0.29, 0.717) is 5.70 Å². The summed E-state index contributed by atoms with van der Waals surface area (Å²) in [5, 5.41) is 4.08. The van der Waals surface area contributed by atoms with Crippen LogP contribution in [-0.2, 0) is 4.79 Å². The van der Waals surface area contributed by atoms with E-state index >= 15 is 0 Å². The quantitative estimate of drug-likeness (QED) is 0.810. The molecule has 0 unspecified atom stereocenters. The number of hydrogen-bond donors (Lipinski definition) is 0. The van der Waals surface area contributed by atoms with Gasteiger partial charge in [0.25, 0.3) is 0 Å². The van der Waals surface area contributed by atoms with E-state index in [2.05, 4.69) is 10.1 Å². The maximum absolute atomic E-state index is 12.6. The molecule has 0 aliphatic carbocycles. The van der Waals surface area contributed by atoms with Crippen LogP contribution in [0.2, 0.25) is 0 Å². The number of Topliss-reactive ketones (excluding diaryl/α,β-unsaturated/α-hetero) is 1. The van der Waals surface area contributed by atoms with Crippen molar-refractivity contribution >= 4 is 17.6 Å². The summed E-state index contributed by atoms with van der Waals surface area (Å²) < 4.78 is 6.70. The summed E-state index contributed by atoms with van der Waals surface area (Å²) >= 11 is 0. The summed E-state index contributed by atoms with van der Waals surface area (Å²) in [5.41, 5.74) is 0.849. The van der Waals surface area contributed by atoms with Gasteiger partial charge in [-0.3, -0.25) is 4.79 Å². The molecule has 0 fully saturated rings. The molecule has 2 aromatic rings. The van der Waals surface area contributed by atoms with Crippen molar-refractivity contribution in [3.63, 3.8) is 0 Å². The van der Waals surface area contributed by atoms with Crippen LogP contribution in [0.5, 0.6) is 5.75 Å². The van der Waals surface area contributed by atoms with Crippen molar-refractivity contribution in [3.05, 3.63) is 42.5 Å². The van der Waals surface area contributed by atoms with Gasteiger partial charge in [0.1, 0.15) is 24.1 Å². The van der Waals surface area contributed by atoms with Gasteiger partial charge in [0, 0.05) is 5.41 Å². The van der Waals surface area contributed by atoms with Crippen LogP contribution in [0.1, 0.15) is 26.3 Å². The standard InChI is InChI=1S/C16H19N3O2/c1-16(2,3)15(20)14(19-11-17-10-18-19)9-12-6-5-7-13(8-12)21-4/h5-11H,1-4H3. The lowest BCUT2D eigenvalue weighted by Crippen LogP contribution is -2.24. The first kappa shape index (κ1) is 15.0. The molecule has 0 saturated heterocycles. The van der Waals surface area contributed by atoms with Crippen molar-refractivity contribution < 1.29 is 9.53 Å². The largest absolute Gasteiger partial charge is 0.497 e. The highest BCUT2D eigenvalue weighted by molar-refractivity contribution is 6.21. The highest BCUT2D eigenvalue weighted by Gasteiger charge is 2.26. The van der Waals surface area contributed by atoms with Crippen LogP contribution in [0.25, 0.3) is 11.8 Å². The predicted octanol–water partition coefficient (Wildman–Crippen LogP) is 2.90. The zero-order valence-corrected chi connectivity index (χ0v) is 12.7. The Morgan fingerprint density at radius 1 is 1.33 bits per heavy atom. The second-order valence-electron chi connectivity index (χ2n) is 5.73. The third kappa shape index (κ3) is 3.56. The molecule has 0 spiro atoms. The van der Waals surface area contributed by atoms with Crippen LogP contribution in [-0.4, -0.2) is 27.7 Å². The van der Waals surface area contributed by atoms with E-state index in [4.69, 9.17) is 4.74 Å². The van der Waals surface area contributed by atoms with E-state index in [-0.39, 0.29) is 5.78 Å². The van der Waals surface area contributed by atoms with Crippen molar-refractivity contribution in [2.75, 3.05) is 7.11 Å². The minimum Gasteiger partial charge on any atom is -0.497 e. The molecule has 0 radical (unpaired) electrons. The van der Waals surface area contributed by atoms with Crippen molar-refractivity contribution in [2.24, 2.45) is 5.41 Å². The molecule has 5 heteroatoms. The maximum Gasteiger partial charge on any atom is 0.186 e. The molecule has 1 heterocycles. The topological polar surface area (TPSA) is 57.0 Å². The number of rotatable bonds is 4. The smallest absolute Gasteiger partial charge is 0.186 e. The van der Waals surface area contributed by atoms with Gasteiger partial charge in [0.2, 0.25) is 0 Å². The van der Waals surface area contributed by atoms with Crippen molar-refractivity contribution in [1.29, 1.82) is 0 Å². The van der Waals surface area contributed by atoms with E-state index < -0.39 is 5.41 Å². The number of hydrogen-bond acceptors (Lipinski definition) is 4. The highest BCUT2D eigenvalue weighted by atomic mass is 16.5. The van der Waals surface area contributed by atoms with Crippen LogP contribution in [0.4, 0.5) is 0 Å². The zero-order valence-electron chi connectivity index (χ0n) is 12.7. The lowest BCUT2D eigenvalue weighted by molar-refractivity contribution is -0.120. The molecule has 21 heavy (non-hydrogen) atoms. The molecule has 0 aliphatic rings. The van der Waals surface area contributed by atoms with Crippen molar-refractivity contribution in [3.8, 4) is 5.75 Å². The third-order valence-corrected chi connectivity index (χ3v) is 2.98. The maximum atomic E-state index is 12.6. The highest BCUT2D eigenvalue weighted by Crippen LogP contribution is 2.25. The van der Waals surface area contributed by atoms with E-state index in [1.165, 1.54) is 17.3 Å². The summed E-state index contributed by atoms with van der Waals surface area (Å²) in [5.74, 6) is 0.737. The molecule has 110 valence electrons. The normalized spacial score (nSPS) is 12.3. The van der Waals surface area contributed by atoms with Gasteiger partial charge in [-0.15, -0.1) is 0 Å². The summed E-state index contributed by atoms with van der Waals surface area (Å²) in [7, 11) is 1.61. The lowest BCUT2D eigenvalue weighted by Gasteiger charge is -2.18. The van der Waals surface area contributed by atoms with Crippen molar-refractivity contribution in [2.45, 2.75) is 20.8 Å². The van der Waals surface area contributed by atoms with Crippen LogP contribution < -0.4 is 4.74 Å². The third-order valence-electron chi connectivity index (χ3n) is 2.98. The number of ketones is 1. The fourth-order valence-corrected chi connectivity index (χ4v) is 1.84. The fraction of sp³-hybridized carbons (Fsp3) is 0.312. The Kier molecular flexibility index (Phi) is 4.21.